The molecule has 0 aromatic carbocycles. The van der Waals surface area contributed by atoms with Gasteiger partial charge in [-0.3, -0.25) is 4.79 Å². The predicted molar refractivity (Wildman–Crippen MR) is 173 cm³/mol. The van der Waals surface area contributed by atoms with Gasteiger partial charge in [-0.25, -0.2) is 4.98 Å². The standard InChI is InChI=1S/C34H46N8O2/c1-4-32(43)42-20-19-41(24-27(42)11-14-35)34-28-13-18-40(33-29-10-6-17-39(3)30(29)12-15-36-33)23-25(28)22-31(37-34)44-21-7-9-26-8-5-16-38(26)2/h4,12,15,22,26-27H,1,5-11,13,16-21,23-24H2,2-3H3/t26-,27-/m0/s1. The number of anilines is 3. The third-order valence-corrected chi connectivity index (χ3v) is 9.97. The number of nitriles is 1. The van der Waals surface area contributed by atoms with Crippen molar-refractivity contribution in [2.75, 3.05) is 74.7 Å². The maximum absolute atomic E-state index is 12.6. The Morgan fingerprint density at radius 1 is 1.09 bits per heavy atom. The highest BCUT2D eigenvalue weighted by molar-refractivity contribution is 5.87. The van der Waals surface area contributed by atoms with Gasteiger partial charge in [0.05, 0.1) is 25.1 Å². The van der Waals surface area contributed by atoms with E-state index in [1.54, 1.807) is 4.90 Å². The Balaban J connectivity index is 1.26. The van der Waals surface area contributed by atoms with Crippen LogP contribution in [0.3, 0.4) is 0 Å². The van der Waals surface area contributed by atoms with Crippen LogP contribution in [0.15, 0.2) is 31.0 Å². The monoisotopic (exact) mass is 598 g/mol. The average molecular weight is 599 g/mol. The number of aromatic nitrogens is 2. The van der Waals surface area contributed by atoms with Crippen LogP contribution in [0.25, 0.3) is 0 Å². The van der Waals surface area contributed by atoms with E-state index in [1.807, 2.05) is 6.20 Å². The summed E-state index contributed by atoms with van der Waals surface area (Å²) in [6.07, 6.45) is 11.3. The predicted octanol–water partition coefficient (Wildman–Crippen LogP) is 3.79. The lowest BCUT2D eigenvalue weighted by Gasteiger charge is -2.42. The van der Waals surface area contributed by atoms with Crippen molar-refractivity contribution < 1.29 is 9.53 Å². The van der Waals surface area contributed by atoms with Crippen LogP contribution < -0.4 is 19.4 Å². The van der Waals surface area contributed by atoms with Gasteiger partial charge in [0.1, 0.15) is 11.6 Å². The molecule has 10 heteroatoms. The van der Waals surface area contributed by atoms with Gasteiger partial charge in [0, 0.05) is 81.4 Å². The summed E-state index contributed by atoms with van der Waals surface area (Å²) in [5.74, 6) is 2.56. The zero-order valence-electron chi connectivity index (χ0n) is 26.4. The van der Waals surface area contributed by atoms with Crippen molar-refractivity contribution in [3.8, 4) is 11.9 Å². The minimum absolute atomic E-state index is 0.121. The molecule has 0 spiro atoms. The lowest BCUT2D eigenvalue weighted by Crippen LogP contribution is -2.55. The first-order valence-corrected chi connectivity index (χ1v) is 16.3. The van der Waals surface area contributed by atoms with Crippen molar-refractivity contribution in [1.29, 1.82) is 5.26 Å². The molecule has 44 heavy (non-hydrogen) atoms. The number of fused-ring (bicyclic) bond motifs is 2. The molecule has 2 fully saturated rings. The molecule has 1 amide bonds. The first-order valence-electron chi connectivity index (χ1n) is 16.3. The lowest BCUT2D eigenvalue weighted by atomic mass is 9.97. The number of nitrogens with zero attached hydrogens (tertiary/aromatic N) is 8. The number of ether oxygens (including phenoxy) is 1. The van der Waals surface area contributed by atoms with Gasteiger partial charge >= 0.3 is 0 Å². The number of likely N-dealkylation sites (tertiary alicyclic amines) is 1. The van der Waals surface area contributed by atoms with E-state index >= 15 is 0 Å². The number of hydrogen-bond donors (Lipinski definition) is 0. The molecule has 0 radical (unpaired) electrons. The van der Waals surface area contributed by atoms with Gasteiger partial charge in [-0.15, -0.1) is 0 Å². The molecule has 6 rings (SSSR count). The SMILES string of the molecule is C=CC(=O)N1CCN(c2nc(OCCC[C@@H]3CCCN3C)cc3c2CCN(c2nccc4c2CCCN4C)C3)C[C@@H]1CC#N. The molecule has 10 nitrogen and oxygen atoms in total. The van der Waals surface area contributed by atoms with Crippen molar-refractivity contribution in [3.05, 3.63) is 47.7 Å². The number of hydrogen-bond acceptors (Lipinski definition) is 9. The van der Waals surface area contributed by atoms with Crippen LogP contribution in [-0.2, 0) is 24.2 Å². The summed E-state index contributed by atoms with van der Waals surface area (Å²) in [5.41, 5.74) is 5.09. The third kappa shape index (κ3) is 6.20. The number of pyridine rings is 2. The van der Waals surface area contributed by atoms with E-state index in [-0.39, 0.29) is 18.4 Å². The summed E-state index contributed by atoms with van der Waals surface area (Å²) < 4.78 is 6.37. The smallest absolute Gasteiger partial charge is 0.246 e. The molecule has 0 saturated carbocycles. The maximum atomic E-state index is 12.6. The summed E-state index contributed by atoms with van der Waals surface area (Å²) in [5, 5.41) is 9.55. The van der Waals surface area contributed by atoms with Gasteiger partial charge in [0.15, 0.2) is 0 Å². The largest absolute Gasteiger partial charge is 0.478 e. The van der Waals surface area contributed by atoms with Gasteiger partial charge in [0.2, 0.25) is 11.8 Å². The van der Waals surface area contributed by atoms with Gasteiger partial charge in [-0.2, -0.15) is 10.2 Å². The number of piperazine rings is 1. The van der Waals surface area contributed by atoms with E-state index in [2.05, 4.69) is 58.5 Å². The molecule has 0 unspecified atom stereocenters. The summed E-state index contributed by atoms with van der Waals surface area (Å²) in [4.78, 5) is 33.8. The maximum Gasteiger partial charge on any atom is 0.246 e. The fraction of sp³-hybridized carbons (Fsp3) is 0.588. The molecule has 0 bridgehead atoms. The first kappa shape index (κ1) is 30.2. The van der Waals surface area contributed by atoms with Gasteiger partial charge in [0.25, 0.3) is 0 Å². The minimum Gasteiger partial charge on any atom is -0.478 e. The van der Waals surface area contributed by atoms with Gasteiger partial charge < -0.3 is 29.2 Å². The average Bonchev–Trinajstić information content (AvgIpc) is 3.46. The van der Waals surface area contributed by atoms with E-state index < -0.39 is 0 Å². The highest BCUT2D eigenvalue weighted by atomic mass is 16.5. The summed E-state index contributed by atoms with van der Waals surface area (Å²) in [6, 6.07) is 7.00. The molecule has 2 saturated heterocycles. The number of rotatable bonds is 9. The van der Waals surface area contributed by atoms with Crippen LogP contribution in [0, 0.1) is 11.3 Å². The summed E-state index contributed by atoms with van der Waals surface area (Å²) in [6.45, 7) is 9.93. The lowest BCUT2D eigenvalue weighted by molar-refractivity contribution is -0.128. The van der Waals surface area contributed by atoms with Crippen molar-refractivity contribution >= 4 is 23.2 Å². The second kappa shape index (κ2) is 13.4. The molecule has 2 aromatic rings. The zero-order chi connectivity index (χ0) is 30.6. The third-order valence-electron chi connectivity index (χ3n) is 9.97. The van der Waals surface area contributed by atoms with Gasteiger partial charge in [-0.1, -0.05) is 6.58 Å². The molecule has 234 valence electrons. The normalized spacial score (nSPS) is 21.9. The highest BCUT2D eigenvalue weighted by Gasteiger charge is 2.33. The van der Waals surface area contributed by atoms with Gasteiger partial charge in [-0.05, 0) is 76.2 Å². The second-order valence-electron chi connectivity index (χ2n) is 12.7. The quantitative estimate of drug-likeness (QED) is 0.316. The fourth-order valence-corrected chi connectivity index (χ4v) is 7.57. The number of carbonyl (C=O) groups excluding carboxylic acids is 1. The summed E-state index contributed by atoms with van der Waals surface area (Å²) >= 11 is 0. The highest BCUT2D eigenvalue weighted by Crippen LogP contribution is 2.37. The Hall–Kier alpha value is -3.84. The topological polar surface area (TPSA) is 92.1 Å². The van der Waals surface area contributed by atoms with Crippen molar-refractivity contribution in [2.24, 2.45) is 0 Å². The first-order chi connectivity index (χ1) is 21.5. The molecule has 4 aliphatic rings. The molecular formula is C34H46N8O2. The number of amides is 1. The molecule has 6 heterocycles. The number of carbonyl (C=O) groups is 1. The van der Waals surface area contributed by atoms with Crippen LogP contribution >= 0.6 is 0 Å². The zero-order valence-corrected chi connectivity index (χ0v) is 26.4. The Labute approximate surface area is 261 Å². The molecule has 0 aliphatic carbocycles. The van der Waals surface area contributed by atoms with Crippen LogP contribution in [0.2, 0.25) is 0 Å². The van der Waals surface area contributed by atoms with Crippen LogP contribution in [0.1, 0.15) is 55.2 Å². The molecule has 2 atom stereocenters. The molecule has 0 N–H and O–H groups in total. The van der Waals surface area contributed by atoms with Crippen LogP contribution in [0.5, 0.6) is 5.88 Å². The van der Waals surface area contributed by atoms with E-state index in [9.17, 15) is 10.1 Å². The van der Waals surface area contributed by atoms with Crippen LogP contribution in [0.4, 0.5) is 17.3 Å². The van der Waals surface area contributed by atoms with Crippen molar-refractivity contribution in [1.82, 2.24) is 19.8 Å². The van der Waals surface area contributed by atoms with Crippen molar-refractivity contribution in [2.45, 2.75) is 70.0 Å². The fourth-order valence-electron chi connectivity index (χ4n) is 7.57. The Morgan fingerprint density at radius 2 is 1.98 bits per heavy atom. The van der Waals surface area contributed by atoms with Crippen LogP contribution in [-0.4, -0.2) is 97.7 Å². The Morgan fingerprint density at radius 3 is 2.77 bits per heavy atom. The molecular weight excluding hydrogens is 552 g/mol. The summed E-state index contributed by atoms with van der Waals surface area (Å²) in [7, 11) is 4.39. The Bertz CT molecular complexity index is 1410. The van der Waals surface area contributed by atoms with E-state index in [0.29, 0.717) is 38.2 Å². The molecule has 2 aromatic heterocycles. The second-order valence-corrected chi connectivity index (χ2v) is 12.7. The van der Waals surface area contributed by atoms with E-state index in [4.69, 9.17) is 14.7 Å². The minimum atomic E-state index is -0.207. The Kier molecular flexibility index (Phi) is 9.22. The van der Waals surface area contributed by atoms with E-state index in [0.717, 1.165) is 63.4 Å². The molecule has 4 aliphatic heterocycles. The van der Waals surface area contributed by atoms with Crippen molar-refractivity contribution in [3.63, 3.8) is 0 Å². The van der Waals surface area contributed by atoms with E-state index in [1.165, 1.54) is 47.8 Å².